The Balaban J connectivity index is 3.19. The zero-order valence-corrected chi connectivity index (χ0v) is 10.3. The molecule has 1 N–H and O–H groups in total. The van der Waals surface area contributed by atoms with Crippen LogP contribution in [0.1, 0.15) is 22.8 Å². The Morgan fingerprint density at radius 2 is 2.21 bits per heavy atom. The maximum atomic E-state index is 11.0. The molecule has 0 aromatic heterocycles. The Morgan fingerprint density at radius 3 is 2.74 bits per heavy atom. The number of ether oxygens (including phenoxy) is 1. The summed E-state index contributed by atoms with van der Waals surface area (Å²) in [5.41, 5.74) is 0.314. The molecule has 0 amide bonds. The van der Waals surface area contributed by atoms with E-state index in [1.165, 1.54) is 37.3 Å². The maximum Gasteiger partial charge on any atom is 0.335 e. The largest absolute Gasteiger partial charge is 0.490 e. The number of aromatic carboxylic acids is 1. The van der Waals surface area contributed by atoms with Crippen molar-refractivity contribution in [1.82, 2.24) is 0 Å². The molecule has 0 aliphatic carbocycles. The lowest BCUT2D eigenvalue weighted by molar-refractivity contribution is -0.422. The molecule has 0 aliphatic heterocycles. The predicted molar refractivity (Wildman–Crippen MR) is 69.7 cm³/mol. The van der Waals surface area contributed by atoms with E-state index >= 15 is 0 Å². The number of hydrogen-bond acceptors (Lipinski definition) is 4. The van der Waals surface area contributed by atoms with Crippen molar-refractivity contribution in [2.24, 2.45) is 0 Å². The highest BCUT2D eigenvalue weighted by Gasteiger charge is 2.09. The van der Waals surface area contributed by atoms with Crippen LogP contribution >= 0.6 is 0 Å². The number of nitrogens with zero attached hydrogens (tertiary/aromatic N) is 1. The van der Waals surface area contributed by atoms with Gasteiger partial charge in [-0.15, -0.1) is 0 Å². The van der Waals surface area contributed by atoms with Crippen molar-refractivity contribution in [2.75, 3.05) is 6.61 Å². The van der Waals surface area contributed by atoms with E-state index in [0.29, 0.717) is 11.3 Å². The number of allylic oxidation sites excluding steroid dienone is 1. The Bertz CT molecular complexity index is 548. The highest BCUT2D eigenvalue weighted by atomic mass is 16.6. The summed E-state index contributed by atoms with van der Waals surface area (Å²) < 4.78 is 5.25. The van der Waals surface area contributed by atoms with Crippen molar-refractivity contribution in [3.05, 3.63) is 57.8 Å². The molecule has 0 unspecified atom stereocenters. The van der Waals surface area contributed by atoms with Gasteiger partial charge in [0.2, 0.25) is 5.70 Å². The number of rotatable bonds is 6. The van der Waals surface area contributed by atoms with Crippen LogP contribution in [0.5, 0.6) is 5.75 Å². The Hall–Kier alpha value is -2.63. The number of benzene rings is 1. The number of carbonyl (C=O) groups is 1. The summed E-state index contributed by atoms with van der Waals surface area (Å²) in [6.07, 6.45) is 2.80. The van der Waals surface area contributed by atoms with Crippen molar-refractivity contribution in [1.29, 1.82) is 0 Å². The van der Waals surface area contributed by atoms with Crippen molar-refractivity contribution >= 4 is 12.0 Å². The van der Waals surface area contributed by atoms with Crippen LogP contribution in [0, 0.1) is 10.1 Å². The van der Waals surface area contributed by atoms with Crippen molar-refractivity contribution in [3.63, 3.8) is 0 Å². The van der Waals surface area contributed by atoms with Gasteiger partial charge in [0.15, 0.2) is 0 Å². The fraction of sp³-hybridized carbons (Fsp3) is 0.154. The molecule has 19 heavy (non-hydrogen) atoms. The molecule has 0 radical (unpaired) electrons. The summed E-state index contributed by atoms with van der Waals surface area (Å²) in [6, 6.07) is 4.23. The smallest absolute Gasteiger partial charge is 0.335 e. The second kappa shape index (κ2) is 6.34. The van der Waals surface area contributed by atoms with Crippen LogP contribution in [0.4, 0.5) is 0 Å². The number of nitro groups is 1. The Labute approximate surface area is 109 Å². The van der Waals surface area contributed by atoms with Crippen LogP contribution in [0.15, 0.2) is 36.6 Å². The molecule has 0 heterocycles. The first kappa shape index (κ1) is 14.4. The van der Waals surface area contributed by atoms with Crippen LogP contribution < -0.4 is 4.74 Å². The third-order valence-corrected chi connectivity index (χ3v) is 2.21. The van der Waals surface area contributed by atoms with Crippen LogP contribution in [-0.4, -0.2) is 22.6 Å². The van der Waals surface area contributed by atoms with Gasteiger partial charge in [-0.3, -0.25) is 10.1 Å². The van der Waals surface area contributed by atoms with Crippen LogP contribution in [-0.2, 0) is 0 Å². The first-order chi connectivity index (χ1) is 8.93. The van der Waals surface area contributed by atoms with E-state index in [1.54, 1.807) is 0 Å². The molecule has 6 heteroatoms. The van der Waals surface area contributed by atoms with Crippen LogP contribution in [0.2, 0.25) is 0 Å². The highest BCUT2D eigenvalue weighted by Crippen LogP contribution is 2.20. The Morgan fingerprint density at radius 1 is 1.53 bits per heavy atom. The molecule has 0 fully saturated rings. The lowest BCUT2D eigenvalue weighted by Gasteiger charge is -2.06. The van der Waals surface area contributed by atoms with E-state index in [-0.39, 0.29) is 17.9 Å². The minimum absolute atomic E-state index is 0.00367. The second-order valence-electron chi connectivity index (χ2n) is 3.74. The fourth-order valence-corrected chi connectivity index (χ4v) is 1.36. The first-order valence-electron chi connectivity index (χ1n) is 5.39. The first-order valence-corrected chi connectivity index (χ1v) is 5.39. The van der Waals surface area contributed by atoms with Gasteiger partial charge in [-0.25, -0.2) is 4.79 Å². The monoisotopic (exact) mass is 263 g/mol. The van der Waals surface area contributed by atoms with Crippen molar-refractivity contribution in [2.45, 2.75) is 6.92 Å². The summed E-state index contributed by atoms with van der Waals surface area (Å²) >= 11 is 0. The molecular weight excluding hydrogens is 250 g/mol. The quantitative estimate of drug-likeness (QED) is 0.484. The molecule has 1 rings (SSSR count). The average Bonchev–Trinajstić information content (AvgIpc) is 2.35. The molecule has 0 bridgehead atoms. The topological polar surface area (TPSA) is 89.7 Å². The fourth-order valence-electron chi connectivity index (χ4n) is 1.36. The van der Waals surface area contributed by atoms with E-state index in [4.69, 9.17) is 9.84 Å². The molecule has 0 atom stereocenters. The van der Waals surface area contributed by atoms with Gasteiger partial charge in [0, 0.05) is 13.0 Å². The number of hydrogen-bond donors (Lipinski definition) is 1. The Kier molecular flexibility index (Phi) is 4.82. The molecule has 1 aromatic rings. The van der Waals surface area contributed by atoms with E-state index in [9.17, 15) is 14.9 Å². The van der Waals surface area contributed by atoms with Crippen LogP contribution in [0.25, 0.3) is 6.08 Å². The van der Waals surface area contributed by atoms with Gasteiger partial charge >= 0.3 is 5.97 Å². The predicted octanol–water partition coefficient (Wildman–Crippen LogP) is 2.59. The van der Waals surface area contributed by atoms with Gasteiger partial charge in [-0.1, -0.05) is 12.7 Å². The average molecular weight is 263 g/mol. The van der Waals surface area contributed by atoms with Crippen LogP contribution in [0.3, 0.4) is 0 Å². The summed E-state index contributed by atoms with van der Waals surface area (Å²) in [4.78, 5) is 21.0. The van der Waals surface area contributed by atoms with Gasteiger partial charge in [-0.2, -0.15) is 0 Å². The number of carboxylic acid groups (broad SMARTS) is 1. The SMILES string of the molecule is C=CCOc1cc(/C=C(\C)[N+](=O)[O-])cc(C(=O)O)c1. The standard InChI is InChI=1S/C13H13NO5/c1-3-4-19-12-7-10(5-9(2)14(17)18)6-11(8-12)13(15)16/h3,5-8H,1,4H2,2H3,(H,15,16)/b9-5+. The normalized spacial score (nSPS) is 10.9. The molecule has 6 nitrogen and oxygen atoms in total. The van der Waals surface area contributed by atoms with Gasteiger partial charge in [0.25, 0.3) is 0 Å². The maximum absolute atomic E-state index is 11.0. The van der Waals surface area contributed by atoms with E-state index in [0.717, 1.165) is 0 Å². The lowest BCUT2D eigenvalue weighted by Crippen LogP contribution is -2.00. The summed E-state index contributed by atoms with van der Waals surface area (Å²) in [6.45, 7) is 5.04. The molecule has 0 aliphatic rings. The highest BCUT2D eigenvalue weighted by molar-refractivity contribution is 5.89. The summed E-state index contributed by atoms with van der Waals surface area (Å²) in [5, 5.41) is 19.5. The van der Waals surface area contributed by atoms with E-state index < -0.39 is 10.9 Å². The molecule has 1 aromatic carbocycles. The minimum Gasteiger partial charge on any atom is -0.490 e. The molecule has 0 saturated heterocycles. The van der Waals surface area contributed by atoms with E-state index in [2.05, 4.69) is 6.58 Å². The van der Waals surface area contributed by atoms with Gasteiger partial charge in [0.05, 0.1) is 10.5 Å². The van der Waals surface area contributed by atoms with E-state index in [1.807, 2.05) is 0 Å². The summed E-state index contributed by atoms with van der Waals surface area (Å²) in [5.74, 6) is -0.806. The summed E-state index contributed by atoms with van der Waals surface area (Å²) in [7, 11) is 0. The zero-order chi connectivity index (χ0) is 14.4. The van der Waals surface area contributed by atoms with Gasteiger partial charge in [-0.05, 0) is 23.8 Å². The van der Waals surface area contributed by atoms with Gasteiger partial charge < -0.3 is 9.84 Å². The minimum atomic E-state index is -1.13. The van der Waals surface area contributed by atoms with Crippen molar-refractivity contribution in [3.8, 4) is 5.75 Å². The number of carboxylic acids is 1. The molecule has 0 saturated carbocycles. The molecular formula is C13H13NO5. The lowest BCUT2D eigenvalue weighted by atomic mass is 10.1. The zero-order valence-electron chi connectivity index (χ0n) is 10.3. The molecule has 100 valence electrons. The molecule has 0 spiro atoms. The van der Waals surface area contributed by atoms with Gasteiger partial charge in [0.1, 0.15) is 12.4 Å². The third-order valence-electron chi connectivity index (χ3n) is 2.21. The second-order valence-corrected chi connectivity index (χ2v) is 3.74. The van der Waals surface area contributed by atoms with Crippen molar-refractivity contribution < 1.29 is 19.6 Å². The third kappa shape index (κ3) is 4.27.